The fraction of sp³-hybridized carbons (Fsp3) is 0.667. The van der Waals surface area contributed by atoms with Gasteiger partial charge < -0.3 is 9.84 Å². The van der Waals surface area contributed by atoms with Crippen molar-refractivity contribution in [1.82, 2.24) is 15.0 Å². The van der Waals surface area contributed by atoms with E-state index in [1.807, 2.05) is 0 Å². The monoisotopic (exact) mass is 211 g/mol. The molecule has 0 bridgehead atoms. The highest BCUT2D eigenvalue weighted by molar-refractivity contribution is 5.77. The molecule has 82 valence electrons. The van der Waals surface area contributed by atoms with E-state index < -0.39 is 17.5 Å². The summed E-state index contributed by atoms with van der Waals surface area (Å²) in [6.45, 7) is 0. The molecular formula is C9H13N3O3. The molecule has 0 amide bonds. The van der Waals surface area contributed by atoms with Crippen molar-refractivity contribution >= 4 is 5.97 Å². The number of ether oxygens (including phenoxy) is 1. The van der Waals surface area contributed by atoms with E-state index in [0.29, 0.717) is 0 Å². The Balaban J connectivity index is 2.28. The zero-order valence-electron chi connectivity index (χ0n) is 8.67. The quantitative estimate of drug-likeness (QED) is 0.674. The van der Waals surface area contributed by atoms with Crippen molar-refractivity contribution in [3.05, 3.63) is 11.9 Å². The molecule has 1 aromatic heterocycles. The van der Waals surface area contributed by atoms with Crippen molar-refractivity contribution in [2.75, 3.05) is 7.11 Å². The van der Waals surface area contributed by atoms with Crippen molar-refractivity contribution in [1.29, 1.82) is 0 Å². The van der Waals surface area contributed by atoms with Gasteiger partial charge in [0, 0.05) is 7.05 Å². The molecule has 0 aliphatic heterocycles. The van der Waals surface area contributed by atoms with Crippen LogP contribution in [-0.4, -0.2) is 39.3 Å². The number of aliphatic hydroxyl groups is 1. The Morgan fingerprint density at radius 3 is 2.80 bits per heavy atom. The maximum absolute atomic E-state index is 11.3. The summed E-state index contributed by atoms with van der Waals surface area (Å²) < 4.78 is 6.12. The number of methoxy groups -OCH3 is 1. The van der Waals surface area contributed by atoms with Gasteiger partial charge in [0.1, 0.15) is 0 Å². The standard InChI is InChI=1S/C9H13N3O3/c1-12-6(5-10-11-12)9(3-4-9)7(13)8(14)15-2/h5,7,13H,3-4H2,1-2H3. The first-order valence-corrected chi connectivity index (χ1v) is 4.73. The number of carbonyl (C=O) groups is 1. The van der Waals surface area contributed by atoms with Gasteiger partial charge >= 0.3 is 5.97 Å². The molecule has 1 aliphatic carbocycles. The molecule has 15 heavy (non-hydrogen) atoms. The number of hydrogen-bond donors (Lipinski definition) is 1. The highest BCUT2D eigenvalue weighted by Gasteiger charge is 2.55. The molecule has 1 saturated carbocycles. The van der Waals surface area contributed by atoms with Crippen molar-refractivity contribution in [2.24, 2.45) is 7.05 Å². The summed E-state index contributed by atoms with van der Waals surface area (Å²) in [7, 11) is 3.01. The second-order valence-corrected chi connectivity index (χ2v) is 3.82. The molecule has 1 aromatic rings. The van der Waals surface area contributed by atoms with Gasteiger partial charge in [0.2, 0.25) is 0 Å². The Morgan fingerprint density at radius 1 is 1.73 bits per heavy atom. The first-order chi connectivity index (χ1) is 7.12. The van der Waals surface area contributed by atoms with Crippen LogP contribution < -0.4 is 0 Å². The first kappa shape index (κ1) is 10.1. The minimum absolute atomic E-state index is 0.536. The molecule has 1 aliphatic rings. The van der Waals surface area contributed by atoms with E-state index in [0.717, 1.165) is 18.5 Å². The average Bonchev–Trinajstić information content (AvgIpc) is 2.94. The number of esters is 1. The van der Waals surface area contributed by atoms with Gasteiger partial charge in [-0.15, -0.1) is 5.10 Å². The Kier molecular flexibility index (Phi) is 2.22. The Morgan fingerprint density at radius 2 is 2.40 bits per heavy atom. The molecule has 2 rings (SSSR count). The minimum atomic E-state index is -1.13. The third kappa shape index (κ3) is 1.41. The summed E-state index contributed by atoms with van der Waals surface area (Å²) in [5.41, 5.74) is 0.242. The van der Waals surface area contributed by atoms with Crippen LogP contribution in [0.3, 0.4) is 0 Å². The molecule has 0 spiro atoms. The Hall–Kier alpha value is -1.43. The smallest absolute Gasteiger partial charge is 0.335 e. The van der Waals surface area contributed by atoms with Crippen LogP contribution in [0.5, 0.6) is 0 Å². The number of aliphatic hydroxyl groups excluding tert-OH is 1. The predicted octanol–water partition coefficient (Wildman–Crippen LogP) is -0.619. The Bertz CT molecular complexity index is 384. The predicted molar refractivity (Wildman–Crippen MR) is 49.9 cm³/mol. The average molecular weight is 211 g/mol. The minimum Gasteiger partial charge on any atom is -0.467 e. The zero-order valence-corrected chi connectivity index (χ0v) is 8.67. The number of carbonyl (C=O) groups excluding carboxylic acids is 1. The fourth-order valence-corrected chi connectivity index (χ4v) is 1.88. The maximum atomic E-state index is 11.3. The van der Waals surface area contributed by atoms with Crippen molar-refractivity contribution in [2.45, 2.75) is 24.4 Å². The van der Waals surface area contributed by atoms with Crippen LogP contribution in [-0.2, 0) is 22.0 Å². The van der Waals surface area contributed by atoms with E-state index in [9.17, 15) is 9.90 Å². The van der Waals surface area contributed by atoms with Gasteiger partial charge in [-0.05, 0) is 12.8 Å². The molecule has 6 heteroatoms. The fourth-order valence-electron chi connectivity index (χ4n) is 1.88. The van der Waals surface area contributed by atoms with E-state index >= 15 is 0 Å². The van der Waals surface area contributed by atoms with E-state index in [2.05, 4.69) is 15.0 Å². The second kappa shape index (κ2) is 3.30. The molecule has 6 nitrogen and oxygen atoms in total. The lowest BCUT2D eigenvalue weighted by Crippen LogP contribution is -2.36. The lowest BCUT2D eigenvalue weighted by molar-refractivity contribution is -0.152. The summed E-state index contributed by atoms with van der Waals surface area (Å²) >= 11 is 0. The summed E-state index contributed by atoms with van der Waals surface area (Å²) in [5.74, 6) is -0.603. The van der Waals surface area contributed by atoms with Crippen LogP contribution in [0.2, 0.25) is 0 Å². The van der Waals surface area contributed by atoms with Crippen LogP contribution in [0.15, 0.2) is 6.20 Å². The van der Waals surface area contributed by atoms with Gasteiger partial charge in [-0.1, -0.05) is 5.21 Å². The number of hydrogen-bond acceptors (Lipinski definition) is 5. The third-order valence-corrected chi connectivity index (χ3v) is 2.96. The van der Waals surface area contributed by atoms with Crippen molar-refractivity contribution in [3.8, 4) is 0 Å². The summed E-state index contributed by atoms with van der Waals surface area (Å²) in [5, 5.41) is 17.4. The molecule has 0 radical (unpaired) electrons. The molecular weight excluding hydrogens is 198 g/mol. The van der Waals surface area contributed by atoms with Crippen LogP contribution in [0.25, 0.3) is 0 Å². The van der Waals surface area contributed by atoms with E-state index in [1.165, 1.54) is 7.11 Å². The van der Waals surface area contributed by atoms with Gasteiger partial charge in [-0.25, -0.2) is 4.79 Å². The van der Waals surface area contributed by atoms with Gasteiger partial charge in [0.05, 0.1) is 24.4 Å². The van der Waals surface area contributed by atoms with Gasteiger partial charge in [-0.3, -0.25) is 4.68 Å². The third-order valence-electron chi connectivity index (χ3n) is 2.96. The van der Waals surface area contributed by atoms with E-state index in [4.69, 9.17) is 0 Å². The summed E-state index contributed by atoms with van der Waals surface area (Å²) in [4.78, 5) is 11.3. The van der Waals surface area contributed by atoms with Crippen LogP contribution in [0.1, 0.15) is 18.5 Å². The summed E-state index contributed by atoms with van der Waals surface area (Å²) in [6.07, 6.45) is 1.97. The molecule has 1 fully saturated rings. The number of aryl methyl sites for hydroxylation is 1. The van der Waals surface area contributed by atoms with Crippen molar-refractivity contribution in [3.63, 3.8) is 0 Å². The lowest BCUT2D eigenvalue weighted by Gasteiger charge is -2.19. The van der Waals surface area contributed by atoms with Crippen molar-refractivity contribution < 1.29 is 14.6 Å². The van der Waals surface area contributed by atoms with Gasteiger partial charge in [-0.2, -0.15) is 0 Å². The molecule has 0 saturated heterocycles. The normalized spacial score (nSPS) is 19.7. The SMILES string of the molecule is COC(=O)C(O)C1(c2cnnn2C)CC1. The Labute approximate surface area is 86.8 Å². The van der Waals surface area contributed by atoms with Crippen LogP contribution in [0.4, 0.5) is 0 Å². The molecule has 1 heterocycles. The van der Waals surface area contributed by atoms with E-state index in [1.54, 1.807) is 17.9 Å². The highest BCUT2D eigenvalue weighted by Crippen LogP contribution is 2.50. The number of aromatic nitrogens is 3. The largest absolute Gasteiger partial charge is 0.467 e. The van der Waals surface area contributed by atoms with Gasteiger partial charge in [0.25, 0.3) is 0 Å². The maximum Gasteiger partial charge on any atom is 0.335 e. The lowest BCUT2D eigenvalue weighted by atomic mass is 9.95. The highest BCUT2D eigenvalue weighted by atomic mass is 16.5. The molecule has 1 N–H and O–H groups in total. The number of rotatable bonds is 3. The zero-order chi connectivity index (χ0) is 11.1. The first-order valence-electron chi connectivity index (χ1n) is 4.73. The second-order valence-electron chi connectivity index (χ2n) is 3.82. The molecule has 0 aromatic carbocycles. The number of nitrogens with zero attached hydrogens (tertiary/aromatic N) is 3. The van der Waals surface area contributed by atoms with Crippen LogP contribution >= 0.6 is 0 Å². The molecule has 1 unspecified atom stereocenters. The topological polar surface area (TPSA) is 77.2 Å². The van der Waals surface area contributed by atoms with Gasteiger partial charge in [0.15, 0.2) is 6.10 Å². The van der Waals surface area contributed by atoms with E-state index in [-0.39, 0.29) is 0 Å². The summed E-state index contributed by atoms with van der Waals surface area (Å²) in [6, 6.07) is 0. The molecule has 1 atom stereocenters. The van der Waals surface area contributed by atoms with Crippen LogP contribution in [0, 0.1) is 0 Å².